The van der Waals surface area contributed by atoms with Crippen LogP contribution in [-0.4, -0.2) is 15.1 Å². The van der Waals surface area contributed by atoms with Crippen LogP contribution >= 0.6 is 15.9 Å². The van der Waals surface area contributed by atoms with Crippen LogP contribution in [0.2, 0.25) is 0 Å². The summed E-state index contributed by atoms with van der Waals surface area (Å²) in [6.45, 7) is 0. The first-order chi connectivity index (χ1) is 9.22. The summed E-state index contributed by atoms with van der Waals surface area (Å²) in [6.07, 6.45) is 9.14. The highest BCUT2D eigenvalue weighted by Gasteiger charge is 2.16. The van der Waals surface area contributed by atoms with Gasteiger partial charge in [0.2, 0.25) is 11.7 Å². The molecule has 0 aromatic carbocycles. The van der Waals surface area contributed by atoms with Crippen LogP contribution in [0.4, 0.5) is 5.82 Å². The van der Waals surface area contributed by atoms with Crippen LogP contribution < -0.4 is 5.73 Å². The van der Waals surface area contributed by atoms with Gasteiger partial charge in [0.15, 0.2) is 0 Å². The average Bonchev–Trinajstić information content (AvgIpc) is 3.04. The maximum atomic E-state index is 5.68. The van der Waals surface area contributed by atoms with E-state index < -0.39 is 0 Å². The van der Waals surface area contributed by atoms with Crippen LogP contribution in [0.15, 0.2) is 33.4 Å². The molecule has 1 unspecified atom stereocenters. The minimum absolute atomic E-state index is 0.434. The molecule has 2 N–H and O–H groups in total. The van der Waals surface area contributed by atoms with Crippen molar-refractivity contribution in [2.45, 2.75) is 19.3 Å². The molecule has 1 atom stereocenters. The Morgan fingerprint density at radius 3 is 3.16 bits per heavy atom. The molecule has 1 aliphatic rings. The van der Waals surface area contributed by atoms with Gasteiger partial charge in [-0.1, -0.05) is 17.3 Å². The number of hydrogen-bond acceptors (Lipinski definition) is 5. The number of rotatable bonds is 3. The van der Waals surface area contributed by atoms with Gasteiger partial charge in [-0.25, -0.2) is 4.98 Å². The summed E-state index contributed by atoms with van der Waals surface area (Å²) in [5.74, 6) is 2.15. The molecule has 0 saturated heterocycles. The van der Waals surface area contributed by atoms with E-state index in [9.17, 15) is 0 Å². The summed E-state index contributed by atoms with van der Waals surface area (Å²) < 4.78 is 6.10. The second kappa shape index (κ2) is 5.13. The first-order valence-electron chi connectivity index (χ1n) is 6.13. The molecule has 0 saturated carbocycles. The van der Waals surface area contributed by atoms with Gasteiger partial charge < -0.3 is 10.3 Å². The lowest BCUT2D eigenvalue weighted by atomic mass is 10.1. The SMILES string of the molecule is Nc1cc(-c2noc(CC3C=CCC3)n2)c(Br)cn1. The molecule has 0 aliphatic heterocycles. The Labute approximate surface area is 119 Å². The van der Waals surface area contributed by atoms with Crippen molar-refractivity contribution in [3.63, 3.8) is 0 Å². The first-order valence-corrected chi connectivity index (χ1v) is 6.92. The highest BCUT2D eigenvalue weighted by molar-refractivity contribution is 9.10. The molecule has 0 bridgehead atoms. The summed E-state index contributed by atoms with van der Waals surface area (Å²) in [7, 11) is 0. The monoisotopic (exact) mass is 320 g/mol. The molecule has 2 aromatic heterocycles. The van der Waals surface area contributed by atoms with Crippen molar-refractivity contribution < 1.29 is 4.52 Å². The lowest BCUT2D eigenvalue weighted by molar-refractivity contribution is 0.364. The first kappa shape index (κ1) is 12.3. The van der Waals surface area contributed by atoms with Crippen molar-refractivity contribution >= 4 is 21.7 Å². The molecule has 0 fully saturated rings. The fourth-order valence-electron chi connectivity index (χ4n) is 2.16. The van der Waals surface area contributed by atoms with Crippen LogP contribution in [0.25, 0.3) is 11.4 Å². The number of allylic oxidation sites excluding steroid dienone is 2. The zero-order valence-electron chi connectivity index (χ0n) is 10.2. The van der Waals surface area contributed by atoms with Crippen LogP contribution in [0.5, 0.6) is 0 Å². The summed E-state index contributed by atoms with van der Waals surface area (Å²) in [6, 6.07) is 1.73. The number of halogens is 1. The lowest BCUT2D eigenvalue weighted by Crippen LogP contribution is -1.98. The van der Waals surface area contributed by atoms with Crippen LogP contribution in [0, 0.1) is 5.92 Å². The predicted octanol–water partition coefficient (Wildman–Crippen LogP) is 2.99. The van der Waals surface area contributed by atoms with E-state index in [0.29, 0.717) is 23.5 Å². The molecule has 1 aliphatic carbocycles. The van der Waals surface area contributed by atoms with Crippen molar-refractivity contribution in [2.75, 3.05) is 5.73 Å². The number of nitrogen functional groups attached to an aromatic ring is 1. The van der Waals surface area contributed by atoms with E-state index in [1.54, 1.807) is 12.3 Å². The number of pyridine rings is 1. The summed E-state index contributed by atoms with van der Waals surface area (Å²) in [4.78, 5) is 8.41. The Balaban J connectivity index is 1.84. The highest BCUT2D eigenvalue weighted by atomic mass is 79.9. The van der Waals surface area contributed by atoms with E-state index in [2.05, 4.69) is 43.2 Å². The Morgan fingerprint density at radius 1 is 1.47 bits per heavy atom. The second-order valence-electron chi connectivity index (χ2n) is 4.57. The summed E-state index contributed by atoms with van der Waals surface area (Å²) >= 11 is 3.41. The third-order valence-corrected chi connectivity index (χ3v) is 3.77. The Bertz CT molecular complexity index is 623. The van der Waals surface area contributed by atoms with Crippen molar-refractivity contribution in [1.82, 2.24) is 15.1 Å². The maximum absolute atomic E-state index is 5.68. The van der Waals surface area contributed by atoms with E-state index in [-0.39, 0.29) is 0 Å². The quantitative estimate of drug-likeness (QED) is 0.879. The van der Waals surface area contributed by atoms with E-state index in [1.807, 2.05) is 0 Å². The molecule has 98 valence electrons. The summed E-state index contributed by atoms with van der Waals surface area (Å²) in [5, 5.41) is 4.01. The van der Waals surface area contributed by atoms with Gasteiger partial charge in [-0.2, -0.15) is 4.98 Å². The number of anilines is 1. The van der Waals surface area contributed by atoms with Gasteiger partial charge in [-0.05, 0) is 40.8 Å². The van der Waals surface area contributed by atoms with Gasteiger partial charge in [-0.15, -0.1) is 0 Å². The smallest absolute Gasteiger partial charge is 0.227 e. The largest absolute Gasteiger partial charge is 0.384 e. The molecule has 6 heteroatoms. The second-order valence-corrected chi connectivity index (χ2v) is 5.42. The molecule has 5 nitrogen and oxygen atoms in total. The fraction of sp³-hybridized carbons (Fsp3) is 0.308. The minimum Gasteiger partial charge on any atom is -0.384 e. The highest BCUT2D eigenvalue weighted by Crippen LogP contribution is 2.27. The van der Waals surface area contributed by atoms with Crippen molar-refractivity contribution in [3.8, 4) is 11.4 Å². The van der Waals surface area contributed by atoms with Crippen LogP contribution in [0.1, 0.15) is 18.7 Å². The molecule has 19 heavy (non-hydrogen) atoms. The maximum Gasteiger partial charge on any atom is 0.227 e. The molecule has 2 heterocycles. The van der Waals surface area contributed by atoms with Crippen molar-refractivity contribution in [1.29, 1.82) is 0 Å². The zero-order valence-corrected chi connectivity index (χ0v) is 11.8. The summed E-state index contributed by atoms with van der Waals surface area (Å²) in [5.41, 5.74) is 6.47. The topological polar surface area (TPSA) is 77.8 Å². The van der Waals surface area contributed by atoms with Gasteiger partial charge in [0.1, 0.15) is 5.82 Å². The van der Waals surface area contributed by atoms with Crippen molar-refractivity contribution in [2.24, 2.45) is 5.92 Å². The van der Waals surface area contributed by atoms with Gasteiger partial charge >= 0.3 is 0 Å². The van der Waals surface area contributed by atoms with E-state index in [4.69, 9.17) is 10.3 Å². The van der Waals surface area contributed by atoms with E-state index in [0.717, 1.165) is 29.3 Å². The van der Waals surface area contributed by atoms with Gasteiger partial charge in [0, 0.05) is 22.7 Å². The van der Waals surface area contributed by atoms with Gasteiger partial charge in [0.05, 0.1) is 0 Å². The molecule has 0 radical (unpaired) electrons. The normalized spacial score (nSPS) is 18.1. The standard InChI is InChI=1S/C13H13BrN4O/c14-10-7-16-11(15)6-9(10)13-17-12(19-18-13)5-8-3-1-2-4-8/h1,3,6-8H,2,4-5H2,(H2,15,16). The van der Waals surface area contributed by atoms with E-state index in [1.165, 1.54) is 0 Å². The number of aromatic nitrogens is 3. The van der Waals surface area contributed by atoms with Gasteiger partial charge in [-0.3, -0.25) is 0 Å². The average molecular weight is 321 g/mol. The Kier molecular flexibility index (Phi) is 3.33. The molecule has 0 amide bonds. The third kappa shape index (κ3) is 2.68. The van der Waals surface area contributed by atoms with Crippen LogP contribution in [-0.2, 0) is 6.42 Å². The molecular weight excluding hydrogens is 308 g/mol. The molecule has 0 spiro atoms. The number of nitrogens with zero attached hydrogens (tertiary/aromatic N) is 3. The zero-order chi connectivity index (χ0) is 13.2. The number of hydrogen-bond donors (Lipinski definition) is 1. The predicted molar refractivity (Wildman–Crippen MR) is 75.2 cm³/mol. The molecular formula is C13H13BrN4O. The van der Waals surface area contributed by atoms with Crippen molar-refractivity contribution in [3.05, 3.63) is 34.8 Å². The Hall–Kier alpha value is -1.69. The van der Waals surface area contributed by atoms with Crippen LogP contribution in [0.3, 0.4) is 0 Å². The third-order valence-electron chi connectivity index (χ3n) is 3.13. The fourth-order valence-corrected chi connectivity index (χ4v) is 2.56. The Morgan fingerprint density at radius 2 is 2.37 bits per heavy atom. The van der Waals surface area contributed by atoms with E-state index >= 15 is 0 Å². The molecule has 2 aromatic rings. The lowest BCUT2D eigenvalue weighted by Gasteiger charge is -2.01. The van der Waals surface area contributed by atoms with Gasteiger partial charge in [0.25, 0.3) is 0 Å². The minimum atomic E-state index is 0.434. The molecule has 3 rings (SSSR count). The number of nitrogens with two attached hydrogens (primary N) is 1.